The van der Waals surface area contributed by atoms with Crippen LogP contribution in [0.15, 0.2) is 48.5 Å². The lowest BCUT2D eigenvalue weighted by molar-refractivity contribution is -0.141. The number of nitrogens with two attached hydrogens (primary N) is 1. The lowest BCUT2D eigenvalue weighted by atomic mass is 9.97. The van der Waals surface area contributed by atoms with Crippen LogP contribution in [0, 0.1) is 0 Å². The number of methoxy groups -OCH3 is 1. The molecule has 31 heavy (non-hydrogen) atoms. The van der Waals surface area contributed by atoms with Gasteiger partial charge in [-0.25, -0.2) is 0 Å². The predicted molar refractivity (Wildman–Crippen MR) is 122 cm³/mol. The van der Waals surface area contributed by atoms with Crippen LogP contribution < -0.4 is 10.5 Å². The molecule has 0 aliphatic carbocycles. The molecule has 1 aliphatic rings. The molecule has 0 amide bonds. The van der Waals surface area contributed by atoms with Crippen molar-refractivity contribution in [2.75, 3.05) is 32.9 Å². The highest BCUT2D eigenvalue weighted by atomic mass is 31.2. The summed E-state index contributed by atoms with van der Waals surface area (Å²) in [6.07, 6.45) is 1.29. The number of hydrogen-bond acceptors (Lipinski definition) is 5. The van der Waals surface area contributed by atoms with Crippen molar-refractivity contribution in [1.29, 1.82) is 0 Å². The number of rotatable bonds is 9. The van der Waals surface area contributed by atoms with Crippen molar-refractivity contribution in [3.63, 3.8) is 0 Å². The second kappa shape index (κ2) is 9.96. The molecule has 7 nitrogen and oxygen atoms in total. The Labute approximate surface area is 183 Å². The van der Waals surface area contributed by atoms with Crippen molar-refractivity contribution in [2.24, 2.45) is 5.73 Å². The number of ether oxygens (including phenoxy) is 1. The number of carbonyl (C=O) groups is 1. The maximum Gasteiger partial charge on any atom is 0.320 e. The number of carboxylic acid groups (broad SMARTS) is 1. The van der Waals surface area contributed by atoms with Gasteiger partial charge in [-0.15, -0.1) is 0 Å². The molecule has 2 atom stereocenters. The second-order valence-electron chi connectivity index (χ2n) is 8.10. The number of nitrogens with zero attached hydrogens (tertiary/aromatic N) is 1. The fraction of sp³-hybridized carbons (Fsp3) is 0.435. The number of benzene rings is 2. The largest absolute Gasteiger partial charge is 0.497 e. The summed E-state index contributed by atoms with van der Waals surface area (Å²) in [6.45, 7) is 1.38. The van der Waals surface area contributed by atoms with E-state index in [0.29, 0.717) is 32.5 Å². The van der Waals surface area contributed by atoms with E-state index in [1.165, 1.54) is 0 Å². The minimum Gasteiger partial charge on any atom is -0.497 e. The minimum atomic E-state index is -3.84. The average molecular weight is 446 g/mol. The third kappa shape index (κ3) is 5.01. The maximum atomic E-state index is 13.0. The van der Waals surface area contributed by atoms with E-state index < -0.39 is 18.5 Å². The zero-order valence-corrected chi connectivity index (χ0v) is 18.8. The number of unbranched alkanes of at least 4 members (excludes halogenated alkanes) is 1. The van der Waals surface area contributed by atoms with E-state index in [-0.39, 0.29) is 19.1 Å². The van der Waals surface area contributed by atoms with Gasteiger partial charge in [0.2, 0.25) is 7.37 Å². The van der Waals surface area contributed by atoms with Gasteiger partial charge in [0.1, 0.15) is 5.75 Å². The first kappa shape index (κ1) is 23.5. The normalized spacial score (nSPS) is 24.1. The molecule has 1 fully saturated rings. The summed E-state index contributed by atoms with van der Waals surface area (Å²) in [4.78, 5) is 24.8. The molecule has 0 saturated carbocycles. The first-order valence-corrected chi connectivity index (χ1v) is 12.4. The van der Waals surface area contributed by atoms with Crippen LogP contribution in [-0.4, -0.2) is 58.9 Å². The molecule has 3 rings (SSSR count). The first-order chi connectivity index (χ1) is 14.8. The molecule has 0 bridgehead atoms. The van der Waals surface area contributed by atoms with Gasteiger partial charge in [0.15, 0.2) is 5.16 Å². The van der Waals surface area contributed by atoms with Gasteiger partial charge in [0, 0.05) is 25.8 Å². The van der Waals surface area contributed by atoms with Crippen molar-refractivity contribution in [3.05, 3.63) is 54.1 Å². The third-order valence-electron chi connectivity index (χ3n) is 6.13. The van der Waals surface area contributed by atoms with E-state index in [0.717, 1.165) is 22.4 Å². The summed E-state index contributed by atoms with van der Waals surface area (Å²) in [6, 6.07) is 15.8. The fourth-order valence-electron chi connectivity index (χ4n) is 4.28. The molecule has 0 spiro atoms. The Morgan fingerprint density at radius 1 is 1.19 bits per heavy atom. The summed E-state index contributed by atoms with van der Waals surface area (Å²) in [5, 5.41) is 8.34. The van der Waals surface area contributed by atoms with E-state index in [2.05, 4.69) is 0 Å². The molecule has 4 N–H and O–H groups in total. The van der Waals surface area contributed by atoms with Gasteiger partial charge in [-0.1, -0.05) is 42.8 Å². The molecule has 1 heterocycles. The summed E-state index contributed by atoms with van der Waals surface area (Å²) in [5.41, 5.74) is 8.68. The van der Waals surface area contributed by atoms with Gasteiger partial charge in [-0.05, 0) is 48.2 Å². The summed E-state index contributed by atoms with van der Waals surface area (Å²) in [5.74, 6) is -0.414. The Hall–Kier alpha value is -2.18. The summed E-state index contributed by atoms with van der Waals surface area (Å²) < 4.78 is 18.2. The van der Waals surface area contributed by atoms with Crippen LogP contribution in [0.5, 0.6) is 5.75 Å². The minimum absolute atomic E-state index is 0.0212. The first-order valence-electron chi connectivity index (χ1n) is 10.5. The van der Waals surface area contributed by atoms with Gasteiger partial charge in [0.05, 0.1) is 7.11 Å². The van der Waals surface area contributed by atoms with Gasteiger partial charge >= 0.3 is 5.97 Å². The SMILES string of the molecule is COc1ccc(-c2ccccc2CN2CCP(=O)(O)C(CCCCN)(C(=O)O)C2)cc1. The Morgan fingerprint density at radius 2 is 1.90 bits per heavy atom. The zero-order valence-electron chi connectivity index (χ0n) is 17.9. The van der Waals surface area contributed by atoms with Gasteiger partial charge in [0.25, 0.3) is 0 Å². The van der Waals surface area contributed by atoms with Gasteiger partial charge < -0.3 is 20.5 Å². The Balaban J connectivity index is 1.86. The monoisotopic (exact) mass is 446 g/mol. The molecule has 1 saturated heterocycles. The van der Waals surface area contributed by atoms with E-state index in [1.807, 2.05) is 53.4 Å². The van der Waals surface area contributed by atoms with Crippen LogP contribution in [0.2, 0.25) is 0 Å². The van der Waals surface area contributed by atoms with Gasteiger partial charge in [-0.3, -0.25) is 14.3 Å². The highest BCUT2D eigenvalue weighted by molar-refractivity contribution is 7.61. The predicted octanol–water partition coefficient (Wildman–Crippen LogP) is 3.40. The lowest BCUT2D eigenvalue weighted by Crippen LogP contribution is -2.53. The molecule has 168 valence electrons. The number of hydrogen-bond donors (Lipinski definition) is 3. The maximum absolute atomic E-state index is 13.0. The van der Waals surface area contributed by atoms with Crippen LogP contribution in [0.3, 0.4) is 0 Å². The molecule has 2 aromatic rings. The molecule has 1 aliphatic heterocycles. The highest BCUT2D eigenvalue weighted by Crippen LogP contribution is 2.59. The van der Waals surface area contributed by atoms with Crippen molar-refractivity contribution < 1.29 is 24.1 Å². The van der Waals surface area contributed by atoms with Crippen molar-refractivity contribution in [2.45, 2.75) is 31.0 Å². The van der Waals surface area contributed by atoms with E-state index in [9.17, 15) is 19.4 Å². The quantitative estimate of drug-likeness (QED) is 0.400. The Morgan fingerprint density at radius 3 is 2.55 bits per heavy atom. The molecular weight excluding hydrogens is 415 g/mol. The van der Waals surface area contributed by atoms with Crippen molar-refractivity contribution in [3.8, 4) is 16.9 Å². The topological polar surface area (TPSA) is 113 Å². The zero-order chi connectivity index (χ0) is 22.5. The van der Waals surface area contributed by atoms with Crippen LogP contribution in [-0.2, 0) is 15.9 Å². The molecule has 2 aromatic carbocycles. The fourth-order valence-corrected chi connectivity index (χ4v) is 6.49. The van der Waals surface area contributed by atoms with E-state index >= 15 is 0 Å². The van der Waals surface area contributed by atoms with Crippen molar-refractivity contribution in [1.82, 2.24) is 4.90 Å². The molecule has 8 heteroatoms. The molecule has 0 radical (unpaired) electrons. The van der Waals surface area contributed by atoms with E-state index in [4.69, 9.17) is 10.5 Å². The van der Waals surface area contributed by atoms with Crippen LogP contribution in [0.1, 0.15) is 24.8 Å². The Kier molecular flexibility index (Phi) is 7.55. The van der Waals surface area contributed by atoms with Crippen LogP contribution in [0.25, 0.3) is 11.1 Å². The second-order valence-corrected chi connectivity index (χ2v) is 10.8. The number of carboxylic acids is 1. The van der Waals surface area contributed by atoms with Crippen LogP contribution in [0.4, 0.5) is 0 Å². The lowest BCUT2D eigenvalue weighted by Gasteiger charge is -2.43. The number of aliphatic carboxylic acids is 1. The summed E-state index contributed by atoms with van der Waals surface area (Å²) in [7, 11) is -2.21. The smallest absolute Gasteiger partial charge is 0.320 e. The summed E-state index contributed by atoms with van der Waals surface area (Å²) >= 11 is 0. The molecular formula is C23H31N2O5P. The molecule has 0 aromatic heterocycles. The van der Waals surface area contributed by atoms with Gasteiger partial charge in [-0.2, -0.15) is 0 Å². The standard InChI is InChI=1S/C23H31N2O5P/c1-30-20-10-8-18(9-11-20)21-7-3-2-6-19(21)16-25-14-15-31(28,29)23(17-25,22(26)27)12-4-5-13-24/h2-3,6-11H,4-5,12-17,24H2,1H3,(H,26,27)(H,28,29). The molecule has 2 unspecified atom stereocenters. The van der Waals surface area contributed by atoms with E-state index in [1.54, 1.807) is 7.11 Å². The van der Waals surface area contributed by atoms with Crippen LogP contribution >= 0.6 is 7.37 Å². The van der Waals surface area contributed by atoms with Crippen molar-refractivity contribution >= 4 is 13.3 Å². The third-order valence-corrected chi connectivity index (χ3v) is 8.83. The Bertz CT molecular complexity index is 949. The highest BCUT2D eigenvalue weighted by Gasteiger charge is 2.56. The average Bonchev–Trinajstić information content (AvgIpc) is 2.76.